The maximum atomic E-state index is 11.9. The summed E-state index contributed by atoms with van der Waals surface area (Å²) in [6, 6.07) is 8.22. The number of carbonyl (C=O) groups excluding carboxylic acids is 1. The van der Waals surface area contributed by atoms with Crippen LogP contribution in [0.1, 0.15) is 26.9 Å². The highest BCUT2D eigenvalue weighted by atomic mass is 35.5. The van der Waals surface area contributed by atoms with E-state index in [2.05, 4.69) is 5.32 Å². The van der Waals surface area contributed by atoms with Crippen molar-refractivity contribution in [1.82, 2.24) is 5.32 Å². The van der Waals surface area contributed by atoms with Gasteiger partial charge in [0, 0.05) is 11.4 Å². The van der Waals surface area contributed by atoms with Crippen molar-refractivity contribution in [1.29, 1.82) is 0 Å². The van der Waals surface area contributed by atoms with Crippen molar-refractivity contribution >= 4 is 28.8 Å². The molecule has 0 aliphatic carbocycles. The molecule has 1 heterocycles. The van der Waals surface area contributed by atoms with Crippen molar-refractivity contribution in [3.8, 4) is 5.75 Å². The fourth-order valence-electron chi connectivity index (χ4n) is 1.73. The molecule has 0 bridgehead atoms. The zero-order valence-corrected chi connectivity index (χ0v) is 12.3. The van der Waals surface area contributed by atoms with Crippen molar-refractivity contribution in [2.24, 2.45) is 0 Å². The molecule has 0 fully saturated rings. The van der Waals surface area contributed by atoms with Crippen LogP contribution in [0.15, 0.2) is 30.3 Å². The van der Waals surface area contributed by atoms with Gasteiger partial charge in [-0.2, -0.15) is 0 Å². The number of aromatic hydroxyl groups is 1. The van der Waals surface area contributed by atoms with E-state index in [1.165, 1.54) is 17.4 Å². The Morgan fingerprint density at radius 3 is 2.75 bits per heavy atom. The number of phenolic OH excluding ortho intramolecular Hbond substituents is 1. The number of hydrogen-bond acceptors (Lipinski definition) is 4. The van der Waals surface area contributed by atoms with Crippen LogP contribution < -0.4 is 5.32 Å². The average Bonchev–Trinajstić information content (AvgIpc) is 2.82. The Morgan fingerprint density at radius 1 is 1.40 bits per heavy atom. The number of thiophene rings is 1. The second kappa shape index (κ2) is 6.26. The molecule has 0 saturated carbocycles. The van der Waals surface area contributed by atoms with E-state index in [9.17, 15) is 15.0 Å². The molecule has 3 N–H and O–H groups in total. The number of aliphatic hydroxyl groups excluding tert-OH is 1. The number of amides is 1. The SMILES string of the molecule is Cc1ccc(C(=O)NCC(O)c2ccc(Cl)s2)c(O)c1. The number of hydrogen-bond donors (Lipinski definition) is 3. The van der Waals surface area contributed by atoms with Crippen LogP contribution in [0.3, 0.4) is 0 Å². The minimum absolute atomic E-state index is 0.0585. The van der Waals surface area contributed by atoms with Gasteiger partial charge in [-0.05, 0) is 36.8 Å². The van der Waals surface area contributed by atoms with Crippen LogP contribution in [0.4, 0.5) is 0 Å². The van der Waals surface area contributed by atoms with Crippen LogP contribution in [-0.2, 0) is 0 Å². The Hall–Kier alpha value is -1.56. The first-order valence-corrected chi connectivity index (χ1v) is 7.18. The zero-order chi connectivity index (χ0) is 14.7. The van der Waals surface area contributed by atoms with Gasteiger partial charge in [0.15, 0.2) is 0 Å². The number of nitrogens with one attached hydrogen (secondary N) is 1. The largest absolute Gasteiger partial charge is 0.507 e. The molecule has 0 aliphatic rings. The number of benzene rings is 1. The van der Waals surface area contributed by atoms with Crippen LogP contribution in [0, 0.1) is 6.92 Å². The van der Waals surface area contributed by atoms with E-state index in [-0.39, 0.29) is 17.9 Å². The van der Waals surface area contributed by atoms with Crippen molar-refractivity contribution in [2.75, 3.05) is 6.54 Å². The first-order chi connectivity index (χ1) is 9.47. The molecule has 4 nitrogen and oxygen atoms in total. The first-order valence-electron chi connectivity index (χ1n) is 5.98. The molecule has 1 unspecified atom stereocenters. The second-order valence-electron chi connectivity index (χ2n) is 4.39. The van der Waals surface area contributed by atoms with E-state index in [4.69, 9.17) is 11.6 Å². The molecule has 106 valence electrons. The number of carbonyl (C=O) groups is 1. The van der Waals surface area contributed by atoms with Gasteiger partial charge in [0.1, 0.15) is 11.9 Å². The topological polar surface area (TPSA) is 69.6 Å². The van der Waals surface area contributed by atoms with E-state index >= 15 is 0 Å². The summed E-state index contributed by atoms with van der Waals surface area (Å²) in [4.78, 5) is 12.6. The highest BCUT2D eigenvalue weighted by Crippen LogP contribution is 2.26. The normalized spacial score (nSPS) is 12.2. The molecule has 20 heavy (non-hydrogen) atoms. The lowest BCUT2D eigenvalue weighted by Gasteiger charge is -2.11. The van der Waals surface area contributed by atoms with Crippen molar-refractivity contribution in [2.45, 2.75) is 13.0 Å². The molecular weight excluding hydrogens is 298 g/mol. The van der Waals surface area contributed by atoms with Gasteiger partial charge in [-0.1, -0.05) is 17.7 Å². The molecule has 6 heteroatoms. The lowest BCUT2D eigenvalue weighted by molar-refractivity contribution is 0.0915. The van der Waals surface area contributed by atoms with Gasteiger partial charge in [-0.25, -0.2) is 0 Å². The summed E-state index contributed by atoms with van der Waals surface area (Å²) in [7, 11) is 0. The molecule has 1 amide bonds. The molecule has 0 saturated heterocycles. The van der Waals surface area contributed by atoms with Crippen LogP contribution in [0.2, 0.25) is 4.34 Å². The Bertz CT molecular complexity index is 627. The third-order valence-corrected chi connectivity index (χ3v) is 4.11. The summed E-state index contributed by atoms with van der Waals surface area (Å²) >= 11 is 7.05. The molecule has 2 rings (SSSR count). The Balaban J connectivity index is 1.98. The maximum Gasteiger partial charge on any atom is 0.255 e. The quantitative estimate of drug-likeness (QED) is 0.813. The number of aryl methyl sites for hydroxylation is 1. The number of phenols is 1. The van der Waals surface area contributed by atoms with Crippen molar-refractivity contribution in [3.05, 3.63) is 50.7 Å². The van der Waals surface area contributed by atoms with Gasteiger partial charge in [-0.15, -0.1) is 11.3 Å². The van der Waals surface area contributed by atoms with E-state index in [0.717, 1.165) is 5.56 Å². The molecule has 1 atom stereocenters. The summed E-state index contributed by atoms with van der Waals surface area (Å²) in [5.41, 5.74) is 1.05. The Kier molecular flexibility index (Phi) is 4.65. The van der Waals surface area contributed by atoms with Crippen molar-refractivity contribution in [3.63, 3.8) is 0 Å². The summed E-state index contributed by atoms with van der Waals surface area (Å²) < 4.78 is 0.585. The van der Waals surface area contributed by atoms with Gasteiger partial charge in [0.05, 0.1) is 9.90 Å². The lowest BCUT2D eigenvalue weighted by atomic mass is 10.1. The van der Waals surface area contributed by atoms with E-state index in [0.29, 0.717) is 9.21 Å². The number of aliphatic hydroxyl groups is 1. The number of rotatable bonds is 4. The van der Waals surface area contributed by atoms with Gasteiger partial charge in [0.2, 0.25) is 0 Å². The first kappa shape index (κ1) is 14.8. The van der Waals surface area contributed by atoms with Crippen LogP contribution in [-0.4, -0.2) is 22.7 Å². The summed E-state index contributed by atoms with van der Waals surface area (Å²) in [5.74, 6) is -0.500. The predicted octanol–water partition coefficient (Wildman–Crippen LogP) is 2.88. The molecule has 0 aliphatic heterocycles. The Labute approximate surface area is 125 Å². The summed E-state index contributed by atoms with van der Waals surface area (Å²) in [6.45, 7) is 1.88. The third-order valence-electron chi connectivity index (χ3n) is 2.78. The smallest absolute Gasteiger partial charge is 0.255 e. The molecule has 2 aromatic rings. The lowest BCUT2D eigenvalue weighted by Crippen LogP contribution is -2.28. The van der Waals surface area contributed by atoms with Gasteiger partial charge in [0.25, 0.3) is 5.91 Å². The van der Waals surface area contributed by atoms with Crippen LogP contribution >= 0.6 is 22.9 Å². The molecule has 0 spiro atoms. The zero-order valence-electron chi connectivity index (χ0n) is 10.8. The highest BCUT2D eigenvalue weighted by Gasteiger charge is 2.15. The maximum absolute atomic E-state index is 11.9. The van der Waals surface area contributed by atoms with Crippen LogP contribution in [0.5, 0.6) is 5.75 Å². The fourth-order valence-corrected chi connectivity index (χ4v) is 2.77. The van der Waals surface area contributed by atoms with Crippen molar-refractivity contribution < 1.29 is 15.0 Å². The minimum Gasteiger partial charge on any atom is -0.507 e. The van der Waals surface area contributed by atoms with E-state index in [1.807, 2.05) is 6.92 Å². The fraction of sp³-hybridized carbons (Fsp3) is 0.214. The summed E-state index contributed by atoms with van der Waals surface area (Å²) in [5, 5.41) is 22.2. The molecule has 0 radical (unpaired) electrons. The molecular formula is C14H14ClNO3S. The van der Waals surface area contributed by atoms with Gasteiger partial charge in [-0.3, -0.25) is 4.79 Å². The van der Waals surface area contributed by atoms with Gasteiger partial charge < -0.3 is 15.5 Å². The summed E-state index contributed by atoms with van der Waals surface area (Å²) in [6.07, 6.45) is -0.816. The van der Waals surface area contributed by atoms with Gasteiger partial charge >= 0.3 is 0 Å². The van der Waals surface area contributed by atoms with E-state index < -0.39 is 12.0 Å². The molecule has 1 aromatic carbocycles. The predicted molar refractivity (Wildman–Crippen MR) is 79.5 cm³/mol. The highest BCUT2D eigenvalue weighted by molar-refractivity contribution is 7.16. The van der Waals surface area contributed by atoms with E-state index in [1.54, 1.807) is 24.3 Å². The Morgan fingerprint density at radius 2 is 2.15 bits per heavy atom. The molecule has 1 aromatic heterocycles. The third kappa shape index (κ3) is 3.50. The minimum atomic E-state index is -0.816. The number of halogens is 1. The standard InChI is InChI=1S/C14H14ClNO3S/c1-8-2-3-9(10(17)6-8)14(19)16-7-11(18)12-4-5-13(15)20-12/h2-6,11,17-18H,7H2,1H3,(H,16,19). The average molecular weight is 312 g/mol. The van der Waals surface area contributed by atoms with Crippen LogP contribution in [0.25, 0.3) is 0 Å². The monoisotopic (exact) mass is 311 g/mol. The second-order valence-corrected chi connectivity index (χ2v) is 6.13.